The lowest BCUT2D eigenvalue weighted by Gasteiger charge is -2.47. The highest BCUT2D eigenvalue weighted by Crippen LogP contribution is 2.46. The molecule has 0 radical (unpaired) electrons. The first kappa shape index (κ1) is 21.4. The summed E-state index contributed by atoms with van der Waals surface area (Å²) in [5.41, 5.74) is 1.39. The van der Waals surface area contributed by atoms with Crippen LogP contribution in [0.1, 0.15) is 44.9 Å². The van der Waals surface area contributed by atoms with E-state index in [1.165, 1.54) is 43.4 Å². The summed E-state index contributed by atoms with van der Waals surface area (Å²) in [4.78, 5) is 27.3. The fourth-order valence-electron chi connectivity index (χ4n) is 4.96. The molecule has 162 valence electrons. The molecule has 2 heterocycles. The van der Waals surface area contributed by atoms with Gasteiger partial charge in [0.25, 0.3) is 0 Å². The van der Waals surface area contributed by atoms with Gasteiger partial charge in [0.1, 0.15) is 0 Å². The molecule has 1 saturated carbocycles. The SMILES string of the molecule is CN(C)C(=O)n1cc(NC(=O)CC2(C3CCCCCC3)COC2)c2c(Br)cccc21. The minimum atomic E-state index is -0.152. The van der Waals surface area contributed by atoms with Gasteiger partial charge >= 0.3 is 6.03 Å². The van der Waals surface area contributed by atoms with Gasteiger partial charge in [-0.05, 0) is 30.9 Å². The Morgan fingerprint density at radius 1 is 1.20 bits per heavy atom. The topological polar surface area (TPSA) is 63.6 Å². The number of hydrogen-bond donors (Lipinski definition) is 1. The molecule has 0 atom stereocenters. The van der Waals surface area contributed by atoms with Crippen LogP contribution in [-0.2, 0) is 9.53 Å². The second-order valence-electron chi connectivity index (χ2n) is 8.99. The number of amides is 2. The van der Waals surface area contributed by atoms with Gasteiger partial charge in [0.05, 0.1) is 24.4 Å². The zero-order valence-corrected chi connectivity index (χ0v) is 19.3. The standard InChI is InChI=1S/C23H30BrN3O3/c1-26(2)22(29)27-13-18(21-17(24)10-7-11-19(21)27)25-20(28)12-23(14-30-15-23)16-8-5-3-4-6-9-16/h7,10-11,13,16H,3-6,8-9,12,14-15H2,1-2H3,(H,25,28). The number of rotatable bonds is 4. The first-order valence-corrected chi connectivity index (χ1v) is 11.6. The zero-order chi connectivity index (χ0) is 21.3. The van der Waals surface area contributed by atoms with Gasteiger partial charge in [-0.15, -0.1) is 0 Å². The molecule has 1 aromatic carbocycles. The minimum absolute atomic E-state index is 0.00495. The maximum Gasteiger partial charge on any atom is 0.328 e. The van der Waals surface area contributed by atoms with Crippen molar-refractivity contribution in [1.29, 1.82) is 0 Å². The second-order valence-corrected chi connectivity index (χ2v) is 9.85. The van der Waals surface area contributed by atoms with E-state index in [1.54, 1.807) is 24.9 Å². The van der Waals surface area contributed by atoms with Gasteiger partial charge in [-0.3, -0.25) is 9.36 Å². The number of hydrogen-bond acceptors (Lipinski definition) is 3. The lowest BCUT2D eigenvalue weighted by Crippen LogP contribution is -2.50. The van der Waals surface area contributed by atoms with Crippen molar-refractivity contribution in [3.63, 3.8) is 0 Å². The summed E-state index contributed by atoms with van der Waals surface area (Å²) in [7, 11) is 3.44. The summed E-state index contributed by atoms with van der Waals surface area (Å²) in [6.45, 7) is 1.35. The third-order valence-corrected chi connectivity index (χ3v) is 7.32. The Morgan fingerprint density at radius 3 is 2.50 bits per heavy atom. The minimum Gasteiger partial charge on any atom is -0.380 e. The van der Waals surface area contributed by atoms with Gasteiger partial charge in [0.2, 0.25) is 5.91 Å². The van der Waals surface area contributed by atoms with E-state index in [9.17, 15) is 9.59 Å². The number of fused-ring (bicyclic) bond motifs is 1. The number of aromatic nitrogens is 1. The highest BCUT2D eigenvalue weighted by Gasteiger charge is 2.46. The summed E-state index contributed by atoms with van der Waals surface area (Å²) in [6.07, 6.45) is 9.68. The summed E-state index contributed by atoms with van der Waals surface area (Å²) >= 11 is 3.59. The van der Waals surface area contributed by atoms with Crippen molar-refractivity contribution in [3.8, 4) is 0 Å². The number of carbonyl (C=O) groups excluding carboxylic acids is 2. The summed E-state index contributed by atoms with van der Waals surface area (Å²) in [5.74, 6) is 0.553. The number of benzene rings is 1. The molecule has 0 bridgehead atoms. The Kier molecular flexibility index (Phi) is 6.21. The predicted molar refractivity (Wildman–Crippen MR) is 122 cm³/mol. The normalized spacial score (nSPS) is 19.2. The molecule has 30 heavy (non-hydrogen) atoms. The van der Waals surface area contributed by atoms with Crippen LogP contribution in [-0.4, -0.2) is 48.7 Å². The van der Waals surface area contributed by atoms with Crippen molar-refractivity contribution in [2.75, 3.05) is 32.6 Å². The number of nitrogens with zero attached hydrogens (tertiary/aromatic N) is 2. The molecule has 2 aromatic rings. The molecule has 0 unspecified atom stereocenters. The largest absolute Gasteiger partial charge is 0.380 e. The Balaban J connectivity index is 1.58. The zero-order valence-electron chi connectivity index (χ0n) is 17.7. The molecule has 4 rings (SSSR count). The van der Waals surface area contributed by atoms with E-state index in [0.29, 0.717) is 31.2 Å². The van der Waals surface area contributed by atoms with E-state index in [-0.39, 0.29) is 17.4 Å². The van der Waals surface area contributed by atoms with Crippen molar-refractivity contribution in [1.82, 2.24) is 9.47 Å². The lowest BCUT2D eigenvalue weighted by molar-refractivity contribution is -0.160. The van der Waals surface area contributed by atoms with Crippen molar-refractivity contribution in [3.05, 3.63) is 28.9 Å². The van der Waals surface area contributed by atoms with Crippen molar-refractivity contribution in [2.45, 2.75) is 44.9 Å². The predicted octanol–water partition coefficient (Wildman–Crippen LogP) is 5.25. The van der Waals surface area contributed by atoms with E-state index in [0.717, 1.165) is 15.4 Å². The second kappa shape index (κ2) is 8.71. The van der Waals surface area contributed by atoms with Gasteiger partial charge < -0.3 is 15.0 Å². The van der Waals surface area contributed by atoms with Crippen LogP contribution < -0.4 is 5.32 Å². The van der Waals surface area contributed by atoms with E-state index in [2.05, 4.69) is 21.2 Å². The molecule has 2 amide bonds. The molecule has 1 N–H and O–H groups in total. The lowest BCUT2D eigenvalue weighted by atomic mass is 9.68. The Morgan fingerprint density at radius 2 is 1.90 bits per heavy atom. The first-order valence-electron chi connectivity index (χ1n) is 10.8. The van der Waals surface area contributed by atoms with E-state index in [1.807, 2.05) is 18.2 Å². The molecule has 2 aliphatic rings. The van der Waals surface area contributed by atoms with E-state index in [4.69, 9.17) is 4.74 Å². The van der Waals surface area contributed by atoms with Crippen LogP contribution in [0.2, 0.25) is 0 Å². The van der Waals surface area contributed by atoms with Crippen LogP contribution in [0.4, 0.5) is 10.5 Å². The fraction of sp³-hybridized carbons (Fsp3) is 0.565. The number of halogens is 1. The molecular weight excluding hydrogens is 446 g/mol. The van der Waals surface area contributed by atoms with Crippen molar-refractivity contribution < 1.29 is 14.3 Å². The number of ether oxygens (including phenoxy) is 1. The smallest absolute Gasteiger partial charge is 0.328 e. The third-order valence-electron chi connectivity index (χ3n) is 6.65. The van der Waals surface area contributed by atoms with Crippen LogP contribution in [0.25, 0.3) is 10.9 Å². The number of nitrogens with one attached hydrogen (secondary N) is 1. The molecule has 6 nitrogen and oxygen atoms in total. The molecule has 7 heteroatoms. The molecule has 0 spiro atoms. The third kappa shape index (κ3) is 4.02. The maximum atomic E-state index is 13.1. The van der Waals surface area contributed by atoms with Crippen LogP contribution >= 0.6 is 15.9 Å². The highest BCUT2D eigenvalue weighted by atomic mass is 79.9. The Hall–Kier alpha value is -1.86. The Bertz CT molecular complexity index is 941. The summed E-state index contributed by atoms with van der Waals surface area (Å²) < 4.78 is 8.03. The van der Waals surface area contributed by atoms with E-state index >= 15 is 0 Å². The molecule has 1 aromatic heterocycles. The average Bonchev–Trinajstić information content (AvgIpc) is 2.86. The number of carbonyl (C=O) groups is 2. The molecule has 1 aliphatic heterocycles. The molecule has 1 saturated heterocycles. The van der Waals surface area contributed by atoms with Gasteiger partial charge in [-0.1, -0.05) is 47.7 Å². The highest BCUT2D eigenvalue weighted by molar-refractivity contribution is 9.10. The molecular formula is C23H30BrN3O3. The first-order chi connectivity index (χ1) is 14.4. The molecule has 2 fully saturated rings. The van der Waals surface area contributed by atoms with Crippen LogP contribution in [0.15, 0.2) is 28.9 Å². The maximum absolute atomic E-state index is 13.1. The van der Waals surface area contributed by atoms with Crippen molar-refractivity contribution >= 4 is 44.5 Å². The van der Waals surface area contributed by atoms with Gasteiger partial charge in [0.15, 0.2) is 0 Å². The summed E-state index contributed by atoms with van der Waals surface area (Å²) in [6, 6.07) is 5.56. The van der Waals surface area contributed by atoms with Crippen molar-refractivity contribution in [2.24, 2.45) is 11.3 Å². The van der Waals surface area contributed by atoms with Gasteiger partial charge in [0, 0.05) is 42.0 Å². The van der Waals surface area contributed by atoms with Crippen LogP contribution in [0.5, 0.6) is 0 Å². The number of anilines is 1. The van der Waals surface area contributed by atoms with E-state index < -0.39 is 0 Å². The van der Waals surface area contributed by atoms with Crippen LogP contribution in [0.3, 0.4) is 0 Å². The van der Waals surface area contributed by atoms with Gasteiger partial charge in [-0.25, -0.2) is 4.79 Å². The molecule has 1 aliphatic carbocycles. The van der Waals surface area contributed by atoms with Gasteiger partial charge in [-0.2, -0.15) is 0 Å². The average molecular weight is 476 g/mol. The fourth-order valence-corrected chi connectivity index (χ4v) is 5.53. The monoisotopic (exact) mass is 475 g/mol. The van der Waals surface area contributed by atoms with Crippen LogP contribution in [0, 0.1) is 11.3 Å². The summed E-state index contributed by atoms with van der Waals surface area (Å²) in [5, 5.41) is 3.94. The quantitative estimate of drug-likeness (QED) is 0.614. The Labute approximate surface area is 186 Å².